The molecule has 2 N–H and O–H groups in total. The molecule has 0 bridgehead atoms. The predicted octanol–water partition coefficient (Wildman–Crippen LogP) is 3.65. The molecule has 0 saturated carbocycles. The third-order valence-electron chi connectivity index (χ3n) is 7.10. The highest BCUT2D eigenvalue weighted by atomic mass is 16.5. The second-order valence-electron chi connectivity index (χ2n) is 10.0. The van der Waals surface area contributed by atoms with Crippen LogP contribution < -0.4 is 10.5 Å². The molecule has 1 aliphatic rings. The van der Waals surface area contributed by atoms with Crippen LogP contribution in [0.3, 0.4) is 0 Å². The second-order valence-corrected chi connectivity index (χ2v) is 10.0. The van der Waals surface area contributed by atoms with Crippen molar-refractivity contribution in [2.75, 3.05) is 45.6 Å². The molecule has 204 valence electrons. The van der Waals surface area contributed by atoms with Crippen LogP contribution >= 0.6 is 0 Å². The summed E-state index contributed by atoms with van der Waals surface area (Å²) in [6.07, 6.45) is 6.41. The Kier molecular flexibility index (Phi) is 8.02. The summed E-state index contributed by atoms with van der Waals surface area (Å²) in [4.78, 5) is 35.8. The van der Waals surface area contributed by atoms with E-state index < -0.39 is 0 Å². The fraction of sp³-hybridized carbons (Fsp3) is 0.414. The standard InChI is InChI=1S/C29H36N8O2/c1-4-6-14-39-29-33-25(30)24-27(34-29)37(26(32-24)23-15-20(5-2)17-31-18-23)19-21-8-7-9-22(16-21)28(38)36-12-10-35(3)11-13-36/h7-9,15-18H,4-6,10-14,19H2,1-3H3,(H2,30,33,34). The summed E-state index contributed by atoms with van der Waals surface area (Å²) in [7, 11) is 2.08. The van der Waals surface area contributed by atoms with Gasteiger partial charge in [-0.05, 0) is 49.2 Å². The molecule has 39 heavy (non-hydrogen) atoms. The Labute approximate surface area is 228 Å². The average Bonchev–Trinajstić information content (AvgIpc) is 3.32. The number of hydrogen-bond acceptors (Lipinski definition) is 8. The van der Waals surface area contributed by atoms with Crippen molar-refractivity contribution >= 4 is 22.9 Å². The minimum absolute atomic E-state index is 0.0543. The van der Waals surface area contributed by atoms with Crippen molar-refractivity contribution in [3.8, 4) is 17.4 Å². The van der Waals surface area contributed by atoms with E-state index in [4.69, 9.17) is 20.4 Å². The number of unbranched alkanes of at least 4 members (excludes halogenated alkanes) is 1. The molecule has 1 aromatic carbocycles. The van der Waals surface area contributed by atoms with E-state index in [2.05, 4.69) is 41.8 Å². The van der Waals surface area contributed by atoms with Crippen LogP contribution in [0.2, 0.25) is 0 Å². The fourth-order valence-electron chi connectivity index (χ4n) is 4.72. The number of rotatable bonds is 9. The summed E-state index contributed by atoms with van der Waals surface area (Å²) >= 11 is 0. The van der Waals surface area contributed by atoms with Gasteiger partial charge in [-0.1, -0.05) is 32.4 Å². The number of hydrogen-bond donors (Lipinski definition) is 1. The number of nitrogens with two attached hydrogens (primary N) is 1. The molecular weight excluding hydrogens is 492 g/mol. The number of aromatic nitrogens is 5. The molecule has 0 spiro atoms. The Hall–Kier alpha value is -4.05. The maximum Gasteiger partial charge on any atom is 0.320 e. The normalized spacial score (nSPS) is 14.2. The lowest BCUT2D eigenvalue weighted by Crippen LogP contribution is -2.47. The van der Waals surface area contributed by atoms with Gasteiger partial charge in [-0.2, -0.15) is 9.97 Å². The van der Waals surface area contributed by atoms with Gasteiger partial charge in [0, 0.05) is 49.7 Å². The Balaban J connectivity index is 1.54. The van der Waals surface area contributed by atoms with Gasteiger partial charge in [0.05, 0.1) is 13.2 Å². The summed E-state index contributed by atoms with van der Waals surface area (Å²) < 4.78 is 7.82. The zero-order chi connectivity index (χ0) is 27.4. The molecule has 1 fully saturated rings. The number of aryl methyl sites for hydroxylation is 1. The van der Waals surface area contributed by atoms with Crippen molar-refractivity contribution in [3.63, 3.8) is 0 Å². The van der Waals surface area contributed by atoms with Gasteiger partial charge in [0.15, 0.2) is 17.0 Å². The van der Waals surface area contributed by atoms with Crippen LogP contribution in [0.5, 0.6) is 6.01 Å². The van der Waals surface area contributed by atoms with Crippen LogP contribution in [-0.2, 0) is 13.0 Å². The number of likely N-dealkylation sites (N-methyl/N-ethyl adjacent to an activating group) is 1. The topological polar surface area (TPSA) is 115 Å². The zero-order valence-electron chi connectivity index (χ0n) is 22.9. The van der Waals surface area contributed by atoms with Crippen LogP contribution in [0.15, 0.2) is 42.7 Å². The molecule has 0 atom stereocenters. The molecule has 10 heteroatoms. The lowest BCUT2D eigenvalue weighted by atomic mass is 10.1. The maximum atomic E-state index is 13.3. The Bertz CT molecular complexity index is 1460. The zero-order valence-corrected chi connectivity index (χ0v) is 22.9. The van der Waals surface area contributed by atoms with Gasteiger partial charge in [-0.3, -0.25) is 9.78 Å². The van der Waals surface area contributed by atoms with Gasteiger partial charge in [0.1, 0.15) is 5.82 Å². The first-order chi connectivity index (χ1) is 19.0. The molecular formula is C29H36N8O2. The molecule has 0 unspecified atom stereocenters. The highest BCUT2D eigenvalue weighted by Gasteiger charge is 2.22. The van der Waals surface area contributed by atoms with Gasteiger partial charge >= 0.3 is 6.01 Å². The van der Waals surface area contributed by atoms with Gasteiger partial charge in [0.2, 0.25) is 0 Å². The smallest absolute Gasteiger partial charge is 0.320 e. The number of carbonyl (C=O) groups is 1. The molecule has 0 aliphatic carbocycles. The number of fused-ring (bicyclic) bond motifs is 1. The number of ether oxygens (including phenoxy) is 1. The van der Waals surface area contributed by atoms with E-state index in [1.54, 1.807) is 6.20 Å². The summed E-state index contributed by atoms with van der Waals surface area (Å²) in [6, 6.07) is 10.1. The van der Waals surface area contributed by atoms with Crippen LogP contribution in [0, 0.1) is 0 Å². The number of imidazole rings is 1. The number of nitrogen functional groups attached to an aromatic ring is 1. The van der Waals surface area contributed by atoms with Gasteiger partial charge in [-0.25, -0.2) is 4.98 Å². The minimum Gasteiger partial charge on any atom is -0.463 e. The highest BCUT2D eigenvalue weighted by Crippen LogP contribution is 2.29. The van der Waals surface area contributed by atoms with Crippen LogP contribution in [0.1, 0.15) is 48.2 Å². The highest BCUT2D eigenvalue weighted by molar-refractivity contribution is 5.94. The summed E-state index contributed by atoms with van der Waals surface area (Å²) in [5.74, 6) is 1.01. The maximum absolute atomic E-state index is 13.3. The van der Waals surface area contributed by atoms with Gasteiger partial charge in [0.25, 0.3) is 5.91 Å². The number of piperazine rings is 1. The summed E-state index contributed by atoms with van der Waals surface area (Å²) in [5, 5.41) is 0. The van der Waals surface area contributed by atoms with Crippen molar-refractivity contribution in [2.45, 2.75) is 39.7 Å². The van der Waals surface area contributed by atoms with E-state index in [-0.39, 0.29) is 17.7 Å². The third-order valence-corrected chi connectivity index (χ3v) is 7.10. The molecule has 1 saturated heterocycles. The van der Waals surface area contributed by atoms with Gasteiger partial charge in [-0.15, -0.1) is 0 Å². The molecule has 1 amide bonds. The van der Waals surface area contributed by atoms with Gasteiger partial charge < -0.3 is 24.8 Å². The molecule has 4 aromatic rings. The van der Waals surface area contributed by atoms with Crippen molar-refractivity contribution in [3.05, 3.63) is 59.4 Å². The molecule has 4 heterocycles. The molecule has 0 radical (unpaired) electrons. The number of nitrogens with zero attached hydrogens (tertiary/aromatic N) is 7. The predicted molar refractivity (Wildman–Crippen MR) is 152 cm³/mol. The van der Waals surface area contributed by atoms with Crippen molar-refractivity contribution in [2.24, 2.45) is 0 Å². The number of benzene rings is 1. The molecule has 5 rings (SSSR count). The van der Waals surface area contributed by atoms with E-state index in [0.29, 0.717) is 35.7 Å². The van der Waals surface area contributed by atoms with Crippen molar-refractivity contribution in [1.29, 1.82) is 0 Å². The van der Waals surface area contributed by atoms with E-state index in [1.165, 1.54) is 0 Å². The SMILES string of the molecule is CCCCOc1nc(N)c2nc(-c3cncc(CC)c3)n(Cc3cccc(C(=O)N4CCN(C)CC4)c3)c2n1. The molecule has 1 aliphatic heterocycles. The second kappa shape index (κ2) is 11.8. The molecule has 3 aromatic heterocycles. The average molecular weight is 529 g/mol. The van der Waals surface area contributed by atoms with Crippen LogP contribution in [-0.4, -0.2) is 80.0 Å². The van der Waals surface area contributed by atoms with Crippen LogP contribution in [0.4, 0.5) is 5.82 Å². The van der Waals surface area contributed by atoms with E-state index in [1.807, 2.05) is 39.9 Å². The van der Waals surface area contributed by atoms with Crippen molar-refractivity contribution in [1.82, 2.24) is 34.3 Å². The van der Waals surface area contributed by atoms with E-state index >= 15 is 0 Å². The third kappa shape index (κ3) is 5.85. The van der Waals surface area contributed by atoms with Crippen molar-refractivity contribution < 1.29 is 9.53 Å². The lowest BCUT2D eigenvalue weighted by molar-refractivity contribution is 0.0664. The minimum atomic E-state index is 0.0543. The Morgan fingerprint density at radius 2 is 1.85 bits per heavy atom. The lowest BCUT2D eigenvalue weighted by Gasteiger charge is -2.32. The largest absolute Gasteiger partial charge is 0.463 e. The summed E-state index contributed by atoms with van der Waals surface area (Å²) in [6.45, 7) is 8.37. The first-order valence-corrected chi connectivity index (χ1v) is 13.6. The van der Waals surface area contributed by atoms with E-state index in [9.17, 15) is 4.79 Å². The summed E-state index contributed by atoms with van der Waals surface area (Å²) in [5.41, 5.74) is 11.1. The monoisotopic (exact) mass is 528 g/mol. The first-order valence-electron chi connectivity index (χ1n) is 13.6. The van der Waals surface area contributed by atoms with E-state index in [0.717, 1.165) is 62.1 Å². The number of anilines is 1. The van der Waals surface area contributed by atoms with Crippen LogP contribution in [0.25, 0.3) is 22.6 Å². The first kappa shape index (κ1) is 26.6. The number of pyridine rings is 1. The Morgan fingerprint density at radius 1 is 1.03 bits per heavy atom. The fourth-order valence-corrected chi connectivity index (χ4v) is 4.72. The Morgan fingerprint density at radius 3 is 2.62 bits per heavy atom. The number of amides is 1. The quantitative estimate of drug-likeness (QED) is 0.328. The molecule has 10 nitrogen and oxygen atoms in total. The number of carbonyl (C=O) groups excluding carboxylic acids is 1.